The fourth-order valence-corrected chi connectivity index (χ4v) is 0.962. The fourth-order valence-electron chi connectivity index (χ4n) is 0.403. The summed E-state index contributed by atoms with van der Waals surface area (Å²) in [6.07, 6.45) is 1.08. The standard InChI is InChI=1S/C6H10O5S/c1-3-5(6(7)8)11-12(9,10)4-2/h3H,4H2,1-2H3,(H,7,8)/b5-3-. The van der Waals surface area contributed by atoms with Crippen molar-refractivity contribution in [3.63, 3.8) is 0 Å². The summed E-state index contributed by atoms with van der Waals surface area (Å²) in [6.45, 7) is 2.75. The van der Waals surface area contributed by atoms with Crippen LogP contribution in [-0.4, -0.2) is 25.2 Å². The van der Waals surface area contributed by atoms with Gasteiger partial charge in [0, 0.05) is 0 Å². The molecule has 12 heavy (non-hydrogen) atoms. The maximum absolute atomic E-state index is 10.7. The van der Waals surface area contributed by atoms with Gasteiger partial charge in [0.15, 0.2) is 0 Å². The summed E-state index contributed by atoms with van der Waals surface area (Å²) in [5.74, 6) is -2.22. The van der Waals surface area contributed by atoms with E-state index in [0.29, 0.717) is 0 Å². The van der Waals surface area contributed by atoms with E-state index in [1.165, 1.54) is 13.8 Å². The maximum Gasteiger partial charge on any atom is 0.372 e. The first-order valence-corrected chi connectivity index (χ1v) is 4.82. The van der Waals surface area contributed by atoms with Gasteiger partial charge in [0.1, 0.15) is 0 Å². The molecule has 0 amide bonds. The number of hydrogen-bond donors (Lipinski definition) is 1. The molecule has 0 fully saturated rings. The van der Waals surface area contributed by atoms with Gasteiger partial charge in [-0.2, -0.15) is 8.42 Å². The average Bonchev–Trinajstić information content (AvgIpc) is 2.00. The molecular weight excluding hydrogens is 184 g/mol. The van der Waals surface area contributed by atoms with E-state index in [2.05, 4.69) is 4.18 Å². The molecule has 0 aromatic rings. The molecule has 0 radical (unpaired) electrons. The van der Waals surface area contributed by atoms with Crippen LogP contribution in [0.5, 0.6) is 0 Å². The van der Waals surface area contributed by atoms with Crippen molar-refractivity contribution in [1.29, 1.82) is 0 Å². The zero-order valence-corrected chi connectivity index (χ0v) is 7.59. The van der Waals surface area contributed by atoms with Gasteiger partial charge in [-0.1, -0.05) is 0 Å². The zero-order valence-electron chi connectivity index (χ0n) is 6.77. The molecule has 6 heteroatoms. The van der Waals surface area contributed by atoms with E-state index in [9.17, 15) is 13.2 Å². The van der Waals surface area contributed by atoms with Crippen molar-refractivity contribution in [3.05, 3.63) is 11.8 Å². The summed E-state index contributed by atoms with van der Waals surface area (Å²) in [5, 5.41) is 8.37. The van der Waals surface area contributed by atoms with Gasteiger partial charge in [-0.15, -0.1) is 0 Å². The SMILES string of the molecule is C/C=C(\OS(=O)(=O)CC)C(=O)O. The van der Waals surface area contributed by atoms with Crippen LogP contribution in [0.3, 0.4) is 0 Å². The minimum absolute atomic E-state index is 0.252. The lowest BCUT2D eigenvalue weighted by Gasteiger charge is -2.03. The second-order valence-electron chi connectivity index (χ2n) is 1.89. The van der Waals surface area contributed by atoms with Crippen LogP contribution in [0.2, 0.25) is 0 Å². The molecule has 0 unspecified atom stereocenters. The molecule has 5 nitrogen and oxygen atoms in total. The molecule has 0 atom stereocenters. The molecule has 0 rings (SSSR count). The topological polar surface area (TPSA) is 80.7 Å². The van der Waals surface area contributed by atoms with Crippen LogP contribution in [0.1, 0.15) is 13.8 Å². The number of carboxylic acid groups (broad SMARTS) is 1. The lowest BCUT2D eigenvalue weighted by atomic mass is 10.5. The minimum atomic E-state index is -3.72. The number of allylic oxidation sites excluding steroid dienone is 1. The molecule has 0 heterocycles. The van der Waals surface area contributed by atoms with Gasteiger partial charge < -0.3 is 9.29 Å². The predicted octanol–water partition coefficient (Wildman–Crippen LogP) is 0.341. The molecule has 0 aliphatic heterocycles. The van der Waals surface area contributed by atoms with Crippen molar-refractivity contribution in [3.8, 4) is 0 Å². The highest BCUT2D eigenvalue weighted by Crippen LogP contribution is 2.04. The highest BCUT2D eigenvalue weighted by molar-refractivity contribution is 7.86. The van der Waals surface area contributed by atoms with Gasteiger partial charge in [-0.25, -0.2) is 4.79 Å². The first kappa shape index (κ1) is 11.0. The third-order valence-electron chi connectivity index (χ3n) is 1.04. The van der Waals surface area contributed by atoms with E-state index < -0.39 is 21.8 Å². The molecule has 0 aromatic heterocycles. The van der Waals surface area contributed by atoms with Crippen molar-refractivity contribution in [2.45, 2.75) is 13.8 Å². The van der Waals surface area contributed by atoms with Gasteiger partial charge in [0.2, 0.25) is 5.76 Å². The third kappa shape index (κ3) is 3.38. The largest absolute Gasteiger partial charge is 0.475 e. The minimum Gasteiger partial charge on any atom is -0.475 e. The van der Waals surface area contributed by atoms with Crippen molar-refractivity contribution in [2.75, 3.05) is 5.75 Å². The summed E-state index contributed by atoms with van der Waals surface area (Å²) in [6, 6.07) is 0. The van der Waals surface area contributed by atoms with Crippen LogP contribution < -0.4 is 0 Å². The molecule has 0 spiro atoms. The van der Waals surface area contributed by atoms with Gasteiger partial charge in [0.25, 0.3) is 0 Å². The fraction of sp³-hybridized carbons (Fsp3) is 0.500. The van der Waals surface area contributed by atoms with E-state index in [1.807, 2.05) is 0 Å². The summed E-state index contributed by atoms with van der Waals surface area (Å²) in [4.78, 5) is 10.3. The van der Waals surface area contributed by atoms with Crippen molar-refractivity contribution >= 4 is 16.1 Å². The molecule has 1 N–H and O–H groups in total. The Labute approximate surface area is 70.8 Å². The Balaban J connectivity index is 4.56. The Morgan fingerprint density at radius 2 is 2.08 bits per heavy atom. The van der Waals surface area contributed by atoms with E-state index >= 15 is 0 Å². The molecule has 0 aromatic carbocycles. The number of hydrogen-bond acceptors (Lipinski definition) is 4. The van der Waals surface area contributed by atoms with Gasteiger partial charge in [-0.3, -0.25) is 0 Å². The van der Waals surface area contributed by atoms with Gasteiger partial charge in [-0.05, 0) is 19.9 Å². The quantitative estimate of drug-likeness (QED) is 0.396. The summed E-state index contributed by atoms with van der Waals surface area (Å²) < 4.78 is 25.7. The molecule has 0 saturated carbocycles. The molecule has 0 aliphatic carbocycles. The first-order chi connectivity index (χ1) is 5.43. The summed E-state index contributed by atoms with van der Waals surface area (Å²) in [7, 11) is -3.72. The van der Waals surface area contributed by atoms with Crippen molar-refractivity contribution < 1.29 is 22.5 Å². The second-order valence-corrected chi connectivity index (χ2v) is 3.75. The highest BCUT2D eigenvalue weighted by atomic mass is 32.2. The van der Waals surface area contributed by atoms with Crippen molar-refractivity contribution in [1.82, 2.24) is 0 Å². The summed E-state index contributed by atoms with van der Waals surface area (Å²) >= 11 is 0. The number of rotatable bonds is 4. The monoisotopic (exact) mass is 194 g/mol. The Morgan fingerprint density at radius 3 is 2.33 bits per heavy atom. The third-order valence-corrected chi connectivity index (χ3v) is 2.18. The molecule has 70 valence electrons. The second kappa shape index (κ2) is 4.10. The highest BCUT2D eigenvalue weighted by Gasteiger charge is 2.15. The predicted molar refractivity (Wildman–Crippen MR) is 41.9 cm³/mol. The Bertz CT molecular complexity index is 287. The van der Waals surface area contributed by atoms with Gasteiger partial charge >= 0.3 is 16.1 Å². The maximum atomic E-state index is 10.7. The average molecular weight is 194 g/mol. The lowest BCUT2D eigenvalue weighted by Crippen LogP contribution is -2.13. The van der Waals surface area contributed by atoms with E-state index in [1.54, 1.807) is 0 Å². The van der Waals surface area contributed by atoms with Crippen LogP contribution in [0, 0.1) is 0 Å². The summed E-state index contributed by atoms with van der Waals surface area (Å²) in [5.41, 5.74) is 0. The van der Waals surface area contributed by atoms with E-state index in [0.717, 1.165) is 6.08 Å². The molecule has 0 saturated heterocycles. The van der Waals surface area contributed by atoms with E-state index in [4.69, 9.17) is 5.11 Å². The molecular formula is C6H10O5S. The Hall–Kier alpha value is -1.04. The lowest BCUT2D eigenvalue weighted by molar-refractivity contribution is -0.135. The number of aliphatic carboxylic acids is 1. The van der Waals surface area contributed by atoms with Crippen LogP contribution in [0.15, 0.2) is 11.8 Å². The normalized spacial score (nSPS) is 12.7. The van der Waals surface area contributed by atoms with Gasteiger partial charge in [0.05, 0.1) is 5.75 Å². The first-order valence-electron chi connectivity index (χ1n) is 3.24. The Morgan fingerprint density at radius 1 is 1.58 bits per heavy atom. The Kier molecular flexibility index (Phi) is 3.75. The van der Waals surface area contributed by atoms with Crippen LogP contribution in [0.25, 0.3) is 0 Å². The molecule has 0 aliphatic rings. The number of carbonyl (C=O) groups is 1. The van der Waals surface area contributed by atoms with Crippen molar-refractivity contribution in [2.24, 2.45) is 0 Å². The number of carboxylic acids is 1. The van der Waals surface area contributed by atoms with E-state index in [-0.39, 0.29) is 5.75 Å². The van der Waals surface area contributed by atoms with Crippen LogP contribution in [-0.2, 0) is 19.1 Å². The smallest absolute Gasteiger partial charge is 0.372 e. The molecule has 0 bridgehead atoms. The van der Waals surface area contributed by atoms with Crippen LogP contribution >= 0.6 is 0 Å². The van der Waals surface area contributed by atoms with Crippen LogP contribution in [0.4, 0.5) is 0 Å². The zero-order chi connectivity index (χ0) is 9.78.